The lowest BCUT2D eigenvalue weighted by atomic mass is 10.2. The number of hydrogen-bond acceptors (Lipinski definition) is 7. The third-order valence-electron chi connectivity index (χ3n) is 3.61. The predicted octanol–water partition coefficient (Wildman–Crippen LogP) is 4.92. The average Bonchev–Trinajstić information content (AvgIpc) is 2.98. The van der Waals surface area contributed by atoms with Gasteiger partial charge >= 0.3 is 15.3 Å². The molecular formula is C16H27NO7P2. The molecule has 1 atom stereocenters. The van der Waals surface area contributed by atoms with Crippen molar-refractivity contribution in [2.45, 2.75) is 40.6 Å². The van der Waals surface area contributed by atoms with E-state index in [1.165, 1.54) is 4.67 Å². The van der Waals surface area contributed by atoms with Crippen LogP contribution >= 0.6 is 15.3 Å². The number of rotatable bonds is 10. The molecule has 0 spiro atoms. The lowest BCUT2D eigenvalue weighted by Crippen LogP contribution is -2.35. The Kier molecular flexibility index (Phi) is 7.31. The highest BCUT2D eigenvalue weighted by Crippen LogP contribution is 2.68. The van der Waals surface area contributed by atoms with Gasteiger partial charge < -0.3 is 13.8 Å². The smallest absolute Gasteiger partial charge is 0.438 e. The highest BCUT2D eigenvalue weighted by molar-refractivity contribution is 7.60. The normalized spacial score (nSPS) is 17.3. The van der Waals surface area contributed by atoms with Crippen LogP contribution in [0.3, 0.4) is 0 Å². The van der Waals surface area contributed by atoms with Gasteiger partial charge in [-0.15, -0.1) is 0 Å². The molecule has 0 saturated heterocycles. The Balaban J connectivity index is 2.62. The first-order valence-electron chi connectivity index (χ1n) is 8.70. The molecule has 1 aliphatic rings. The molecule has 0 aliphatic carbocycles. The fourth-order valence-corrected chi connectivity index (χ4v) is 6.83. The number of nitrogens with zero attached hydrogens (tertiary/aromatic N) is 1. The summed E-state index contributed by atoms with van der Waals surface area (Å²) in [5, 5.41) is 0. The molecule has 26 heavy (non-hydrogen) atoms. The molecular weight excluding hydrogens is 380 g/mol. The molecule has 1 aliphatic heterocycles. The maximum atomic E-state index is 13.5. The van der Waals surface area contributed by atoms with Gasteiger partial charge in [0, 0.05) is 0 Å². The summed E-state index contributed by atoms with van der Waals surface area (Å²) < 4.78 is 56.0. The molecule has 0 saturated carbocycles. The Morgan fingerprint density at radius 3 is 2.00 bits per heavy atom. The van der Waals surface area contributed by atoms with Crippen molar-refractivity contribution in [3.8, 4) is 5.75 Å². The summed E-state index contributed by atoms with van der Waals surface area (Å²) in [4.78, 5) is 0. The van der Waals surface area contributed by atoms with Crippen LogP contribution < -0.4 is 9.41 Å². The first kappa shape index (κ1) is 21.4. The van der Waals surface area contributed by atoms with Gasteiger partial charge in [-0.25, -0.2) is 9.24 Å². The number of para-hydroxylation sites is 1. The van der Waals surface area contributed by atoms with Crippen molar-refractivity contribution in [2.75, 3.05) is 31.1 Å². The molecule has 10 heteroatoms. The minimum absolute atomic E-state index is 0.147. The second-order valence-electron chi connectivity index (χ2n) is 5.39. The van der Waals surface area contributed by atoms with Crippen molar-refractivity contribution in [1.82, 2.24) is 0 Å². The van der Waals surface area contributed by atoms with Crippen molar-refractivity contribution in [3.05, 3.63) is 23.8 Å². The zero-order chi connectivity index (χ0) is 19.4. The number of anilines is 1. The summed E-state index contributed by atoms with van der Waals surface area (Å²) in [5.74, 6) is -0.806. The number of hydrogen-bond donors (Lipinski definition) is 0. The Morgan fingerprint density at radius 2 is 1.50 bits per heavy atom. The van der Waals surface area contributed by atoms with Crippen LogP contribution in [0.1, 0.15) is 33.3 Å². The fourth-order valence-electron chi connectivity index (χ4n) is 2.71. The molecule has 2 rings (SSSR count). The van der Waals surface area contributed by atoms with Gasteiger partial charge in [-0.3, -0.25) is 13.6 Å². The summed E-state index contributed by atoms with van der Waals surface area (Å²) in [6.07, 6.45) is 0. The molecule has 0 aromatic heterocycles. The Morgan fingerprint density at radius 1 is 0.962 bits per heavy atom. The monoisotopic (exact) mass is 407 g/mol. The van der Waals surface area contributed by atoms with E-state index in [4.69, 9.17) is 22.8 Å². The summed E-state index contributed by atoms with van der Waals surface area (Å²) in [7, 11) is -7.64. The second-order valence-corrected chi connectivity index (χ2v) is 9.31. The van der Waals surface area contributed by atoms with E-state index < -0.39 is 21.3 Å². The van der Waals surface area contributed by atoms with Crippen LogP contribution in [0.15, 0.2) is 18.2 Å². The molecule has 8 nitrogen and oxygen atoms in total. The van der Waals surface area contributed by atoms with E-state index in [9.17, 15) is 9.13 Å². The summed E-state index contributed by atoms with van der Waals surface area (Å²) in [5.41, 5.74) is 1.27. The van der Waals surface area contributed by atoms with E-state index in [2.05, 4.69) is 0 Å². The minimum atomic E-state index is -3.84. The molecule has 1 unspecified atom stereocenters. The van der Waals surface area contributed by atoms with E-state index in [1.54, 1.807) is 39.8 Å². The predicted molar refractivity (Wildman–Crippen MR) is 99.8 cm³/mol. The van der Waals surface area contributed by atoms with Crippen molar-refractivity contribution in [1.29, 1.82) is 0 Å². The lowest BCUT2D eigenvalue weighted by molar-refractivity contribution is 0.163. The van der Waals surface area contributed by atoms with E-state index >= 15 is 0 Å². The van der Waals surface area contributed by atoms with E-state index in [0.29, 0.717) is 11.4 Å². The van der Waals surface area contributed by atoms with Gasteiger partial charge in [0.25, 0.3) is 5.97 Å². The van der Waals surface area contributed by atoms with Gasteiger partial charge in [0.15, 0.2) is 0 Å². The highest BCUT2D eigenvalue weighted by Gasteiger charge is 2.55. The molecule has 0 amide bonds. The van der Waals surface area contributed by atoms with Crippen molar-refractivity contribution < 1.29 is 32.0 Å². The van der Waals surface area contributed by atoms with Gasteiger partial charge in [-0.1, -0.05) is 12.1 Å². The Labute approximate surface area is 154 Å². The van der Waals surface area contributed by atoms with Gasteiger partial charge in [-0.2, -0.15) is 0 Å². The summed E-state index contributed by atoms with van der Waals surface area (Å²) in [6, 6.07) is 5.36. The van der Waals surface area contributed by atoms with Gasteiger partial charge in [0.2, 0.25) is 0 Å². The topological polar surface area (TPSA) is 83.5 Å². The number of fused-ring (bicyclic) bond motifs is 1. The van der Waals surface area contributed by atoms with E-state index in [1.807, 2.05) is 13.0 Å². The van der Waals surface area contributed by atoms with Crippen LogP contribution in [0, 0.1) is 6.92 Å². The van der Waals surface area contributed by atoms with Gasteiger partial charge in [0.05, 0.1) is 32.1 Å². The largest absolute Gasteiger partial charge is 0.455 e. The lowest BCUT2D eigenvalue weighted by Gasteiger charge is -2.33. The maximum Gasteiger partial charge on any atom is 0.438 e. The van der Waals surface area contributed by atoms with Crippen LogP contribution in [-0.4, -0.2) is 32.4 Å². The molecule has 0 radical (unpaired) electrons. The van der Waals surface area contributed by atoms with Crippen molar-refractivity contribution in [3.63, 3.8) is 0 Å². The number of ether oxygens (including phenoxy) is 1. The molecule has 1 aromatic carbocycles. The highest BCUT2D eigenvalue weighted by atomic mass is 31.2. The minimum Gasteiger partial charge on any atom is -0.455 e. The first-order valence-corrected chi connectivity index (χ1v) is 11.8. The molecule has 1 heterocycles. The molecule has 1 aromatic rings. The third-order valence-corrected chi connectivity index (χ3v) is 8.03. The summed E-state index contributed by atoms with van der Waals surface area (Å²) >= 11 is 0. The number of aryl methyl sites for hydroxylation is 1. The SMILES string of the molecule is CCOP(=O)(OCC)C1Oc2c(C)cccc2N1P(=O)(OCC)OCC. The number of benzene rings is 1. The first-order chi connectivity index (χ1) is 12.4. The van der Waals surface area contributed by atoms with Crippen LogP contribution in [0.4, 0.5) is 5.69 Å². The molecule has 148 valence electrons. The fraction of sp³-hybridized carbons (Fsp3) is 0.625. The van der Waals surface area contributed by atoms with E-state index in [0.717, 1.165) is 5.56 Å². The molecule has 0 N–H and O–H groups in total. The van der Waals surface area contributed by atoms with Crippen LogP contribution in [0.2, 0.25) is 0 Å². The molecule has 0 bridgehead atoms. The second kappa shape index (κ2) is 8.87. The quantitative estimate of drug-likeness (QED) is 0.505. The van der Waals surface area contributed by atoms with Crippen molar-refractivity contribution in [2.24, 2.45) is 0 Å². The van der Waals surface area contributed by atoms with Crippen LogP contribution in [-0.2, 0) is 27.2 Å². The maximum absolute atomic E-state index is 13.5. The van der Waals surface area contributed by atoms with Gasteiger partial charge in [0.1, 0.15) is 5.75 Å². The van der Waals surface area contributed by atoms with Crippen LogP contribution in [0.25, 0.3) is 0 Å². The van der Waals surface area contributed by atoms with Gasteiger partial charge in [-0.05, 0) is 46.2 Å². The zero-order valence-electron chi connectivity index (χ0n) is 15.8. The molecule has 0 fully saturated rings. The third kappa shape index (κ3) is 4.01. The summed E-state index contributed by atoms with van der Waals surface area (Å²) in [6.45, 7) is 9.26. The van der Waals surface area contributed by atoms with Crippen LogP contribution in [0.5, 0.6) is 5.75 Å². The van der Waals surface area contributed by atoms with Crippen molar-refractivity contribution >= 4 is 21.0 Å². The standard InChI is InChI=1S/C16H27NO7P2/c1-6-20-25(18,21-7-2)16-17(26(19,22-8-3)23-9-4)14-12-10-11-13(5)15(14)24-16/h10-12,16H,6-9H2,1-5H3. The Hall–Kier alpha value is -0.880. The average molecular weight is 407 g/mol. The zero-order valence-corrected chi connectivity index (χ0v) is 17.6. The Bertz CT molecular complexity index is 692. The van der Waals surface area contributed by atoms with E-state index in [-0.39, 0.29) is 26.4 Å².